The minimum Gasteiger partial charge on any atom is -0.497 e. The quantitative estimate of drug-likeness (QED) is 0.590. The number of aromatic nitrogens is 2. The number of carbonyl (C=O) groups excluding carboxylic acids is 1. The van der Waals surface area contributed by atoms with E-state index in [0.717, 1.165) is 24.2 Å². The van der Waals surface area contributed by atoms with E-state index in [1.54, 1.807) is 31.4 Å². The summed E-state index contributed by atoms with van der Waals surface area (Å²) in [5, 5.41) is 4.01. The first-order chi connectivity index (χ1) is 14.6. The summed E-state index contributed by atoms with van der Waals surface area (Å²) in [5.41, 5.74) is 1.65. The number of methoxy groups -OCH3 is 1. The highest BCUT2D eigenvalue weighted by molar-refractivity contribution is 5.91. The molecule has 7 heteroatoms. The Kier molecular flexibility index (Phi) is 5.88. The van der Waals surface area contributed by atoms with Crippen molar-refractivity contribution >= 4 is 12.0 Å². The van der Waals surface area contributed by atoms with Gasteiger partial charge in [-0.05, 0) is 60.9 Å². The predicted octanol–water partition coefficient (Wildman–Crippen LogP) is 4.30. The van der Waals surface area contributed by atoms with E-state index in [9.17, 15) is 9.18 Å². The Morgan fingerprint density at radius 1 is 1.13 bits per heavy atom. The number of benzene rings is 2. The van der Waals surface area contributed by atoms with E-state index in [1.165, 1.54) is 12.1 Å². The molecule has 4 rings (SSSR count). The third kappa shape index (κ3) is 4.56. The van der Waals surface area contributed by atoms with Gasteiger partial charge in [-0.3, -0.25) is 4.79 Å². The highest BCUT2D eigenvalue weighted by atomic mass is 19.1. The number of halogens is 1. The van der Waals surface area contributed by atoms with Crippen LogP contribution >= 0.6 is 0 Å². The first-order valence-corrected chi connectivity index (χ1v) is 9.83. The van der Waals surface area contributed by atoms with Crippen LogP contribution in [0.25, 0.3) is 17.5 Å². The molecule has 30 heavy (non-hydrogen) atoms. The van der Waals surface area contributed by atoms with E-state index < -0.39 is 0 Å². The zero-order chi connectivity index (χ0) is 20.9. The molecule has 1 fully saturated rings. The van der Waals surface area contributed by atoms with Crippen LogP contribution in [-0.2, 0) is 4.79 Å². The average Bonchev–Trinajstić information content (AvgIpc) is 3.29. The van der Waals surface area contributed by atoms with Crippen LogP contribution in [0.3, 0.4) is 0 Å². The number of amides is 1. The molecule has 0 saturated carbocycles. The number of hydrogen-bond acceptors (Lipinski definition) is 5. The van der Waals surface area contributed by atoms with Crippen molar-refractivity contribution in [2.75, 3.05) is 20.2 Å². The third-order valence-corrected chi connectivity index (χ3v) is 5.23. The van der Waals surface area contributed by atoms with Gasteiger partial charge in [0, 0.05) is 30.6 Å². The fourth-order valence-electron chi connectivity index (χ4n) is 3.45. The molecule has 0 spiro atoms. The fourth-order valence-corrected chi connectivity index (χ4v) is 3.45. The number of likely N-dealkylation sites (tertiary alicyclic amines) is 1. The maximum atomic E-state index is 13.1. The molecule has 1 amide bonds. The zero-order valence-corrected chi connectivity index (χ0v) is 16.6. The molecule has 0 atom stereocenters. The molecule has 0 N–H and O–H groups in total. The number of ether oxygens (including phenoxy) is 1. The number of carbonyl (C=O) groups is 1. The molecule has 154 valence electrons. The van der Waals surface area contributed by atoms with Gasteiger partial charge in [0.15, 0.2) is 0 Å². The lowest BCUT2D eigenvalue weighted by Crippen LogP contribution is -2.36. The van der Waals surface area contributed by atoms with Crippen molar-refractivity contribution in [1.82, 2.24) is 15.0 Å². The van der Waals surface area contributed by atoms with E-state index in [1.807, 2.05) is 29.2 Å². The Morgan fingerprint density at radius 2 is 1.83 bits per heavy atom. The highest BCUT2D eigenvalue weighted by Crippen LogP contribution is 2.28. The van der Waals surface area contributed by atoms with Gasteiger partial charge in [0.1, 0.15) is 11.6 Å². The molecule has 1 aliphatic rings. The van der Waals surface area contributed by atoms with Crippen LogP contribution in [-0.4, -0.2) is 41.1 Å². The minimum absolute atomic E-state index is 0.0122. The molecule has 0 bridgehead atoms. The Hall–Kier alpha value is -3.48. The van der Waals surface area contributed by atoms with Gasteiger partial charge in [0.2, 0.25) is 17.6 Å². The Labute approximate surface area is 174 Å². The topological polar surface area (TPSA) is 68.5 Å². The van der Waals surface area contributed by atoms with Gasteiger partial charge in [-0.1, -0.05) is 17.3 Å². The first-order valence-electron chi connectivity index (χ1n) is 9.83. The largest absolute Gasteiger partial charge is 0.497 e. The summed E-state index contributed by atoms with van der Waals surface area (Å²) in [4.78, 5) is 18.8. The van der Waals surface area contributed by atoms with Crippen LogP contribution in [0, 0.1) is 5.82 Å². The van der Waals surface area contributed by atoms with Crippen molar-refractivity contribution in [1.29, 1.82) is 0 Å². The van der Waals surface area contributed by atoms with Gasteiger partial charge in [0.25, 0.3) is 0 Å². The number of nitrogens with zero attached hydrogens (tertiary/aromatic N) is 3. The van der Waals surface area contributed by atoms with Gasteiger partial charge in [-0.25, -0.2) is 4.39 Å². The van der Waals surface area contributed by atoms with Crippen molar-refractivity contribution in [3.8, 4) is 17.1 Å². The molecular weight excluding hydrogens is 385 g/mol. The van der Waals surface area contributed by atoms with E-state index >= 15 is 0 Å². The summed E-state index contributed by atoms with van der Waals surface area (Å²) in [6, 6.07) is 13.5. The molecule has 3 aromatic rings. The second-order valence-electron chi connectivity index (χ2n) is 7.17. The van der Waals surface area contributed by atoms with Gasteiger partial charge in [-0.15, -0.1) is 0 Å². The number of hydrogen-bond donors (Lipinski definition) is 0. The smallest absolute Gasteiger partial charge is 0.246 e. The normalized spacial score (nSPS) is 14.9. The molecule has 0 aliphatic carbocycles. The van der Waals surface area contributed by atoms with Crippen LogP contribution < -0.4 is 4.74 Å². The van der Waals surface area contributed by atoms with Crippen molar-refractivity contribution in [3.63, 3.8) is 0 Å². The maximum Gasteiger partial charge on any atom is 0.246 e. The molecule has 0 radical (unpaired) electrons. The fraction of sp³-hybridized carbons (Fsp3) is 0.261. The van der Waals surface area contributed by atoms with Crippen LogP contribution in [0.4, 0.5) is 4.39 Å². The molecule has 1 aromatic heterocycles. The Balaban J connectivity index is 1.32. The molecule has 0 unspecified atom stereocenters. The summed E-state index contributed by atoms with van der Waals surface area (Å²) in [6.07, 6.45) is 4.92. The van der Waals surface area contributed by atoms with Crippen LogP contribution in [0.15, 0.2) is 59.1 Å². The van der Waals surface area contributed by atoms with Crippen LogP contribution in [0.1, 0.15) is 30.2 Å². The Morgan fingerprint density at radius 3 is 2.50 bits per heavy atom. The second kappa shape index (κ2) is 8.90. The molecular formula is C23H22FN3O3. The SMILES string of the molecule is COc1ccc(C=CC(=O)N2CCC(c3nc(-c4ccc(F)cc4)no3)CC2)cc1. The van der Waals surface area contributed by atoms with Gasteiger partial charge >= 0.3 is 0 Å². The van der Waals surface area contributed by atoms with E-state index in [-0.39, 0.29) is 17.6 Å². The third-order valence-electron chi connectivity index (χ3n) is 5.23. The van der Waals surface area contributed by atoms with Crippen molar-refractivity contribution in [2.45, 2.75) is 18.8 Å². The van der Waals surface area contributed by atoms with Crippen LogP contribution in [0.2, 0.25) is 0 Å². The standard InChI is InChI=1S/C23H22FN3O3/c1-29-20-9-2-16(3-10-20)4-11-21(28)27-14-12-18(13-15-27)23-25-22(26-30-23)17-5-7-19(24)8-6-17/h2-11,18H,12-15H2,1H3. The van der Waals surface area contributed by atoms with Crippen molar-refractivity contribution in [2.24, 2.45) is 0 Å². The monoisotopic (exact) mass is 407 g/mol. The summed E-state index contributed by atoms with van der Waals surface area (Å²) >= 11 is 0. The van der Waals surface area contributed by atoms with E-state index in [2.05, 4.69) is 10.1 Å². The summed E-state index contributed by atoms with van der Waals surface area (Å²) in [6.45, 7) is 1.26. The van der Waals surface area contributed by atoms with E-state index in [4.69, 9.17) is 9.26 Å². The lowest BCUT2D eigenvalue weighted by Gasteiger charge is -2.29. The lowest BCUT2D eigenvalue weighted by molar-refractivity contribution is -0.127. The molecule has 1 aliphatic heterocycles. The molecule has 2 heterocycles. The number of piperidine rings is 1. The van der Waals surface area contributed by atoms with Crippen LogP contribution in [0.5, 0.6) is 5.75 Å². The number of rotatable bonds is 5. The summed E-state index contributed by atoms with van der Waals surface area (Å²) < 4.78 is 23.6. The highest BCUT2D eigenvalue weighted by Gasteiger charge is 2.27. The zero-order valence-electron chi connectivity index (χ0n) is 16.6. The van der Waals surface area contributed by atoms with Crippen molar-refractivity contribution in [3.05, 3.63) is 71.9 Å². The lowest BCUT2D eigenvalue weighted by atomic mass is 9.96. The van der Waals surface area contributed by atoms with Gasteiger partial charge < -0.3 is 14.2 Å². The van der Waals surface area contributed by atoms with Gasteiger partial charge in [0.05, 0.1) is 7.11 Å². The maximum absolute atomic E-state index is 13.1. The predicted molar refractivity (Wildman–Crippen MR) is 110 cm³/mol. The van der Waals surface area contributed by atoms with E-state index in [0.29, 0.717) is 30.4 Å². The average molecular weight is 407 g/mol. The minimum atomic E-state index is -0.305. The molecule has 6 nitrogen and oxygen atoms in total. The molecule has 1 saturated heterocycles. The molecule has 2 aromatic carbocycles. The Bertz CT molecular complexity index is 1020. The van der Waals surface area contributed by atoms with Gasteiger partial charge in [-0.2, -0.15) is 4.98 Å². The summed E-state index contributed by atoms with van der Waals surface area (Å²) in [7, 11) is 1.62. The second-order valence-corrected chi connectivity index (χ2v) is 7.17. The first kappa shape index (κ1) is 19.8. The van der Waals surface area contributed by atoms with Crippen molar-refractivity contribution < 1.29 is 18.4 Å². The summed E-state index contributed by atoms with van der Waals surface area (Å²) in [5.74, 6) is 1.59.